The maximum atomic E-state index is 12.7. The summed E-state index contributed by atoms with van der Waals surface area (Å²) in [6.07, 6.45) is 0. The maximum Gasteiger partial charge on any atom is 0.259 e. The van der Waals surface area contributed by atoms with Gasteiger partial charge in [-0.2, -0.15) is 0 Å². The third kappa shape index (κ3) is 4.25. The van der Waals surface area contributed by atoms with E-state index >= 15 is 0 Å². The molecular weight excluding hydrogens is 440 g/mol. The molecule has 0 radical (unpaired) electrons. The van der Waals surface area contributed by atoms with Crippen LogP contribution < -0.4 is 0 Å². The van der Waals surface area contributed by atoms with Gasteiger partial charge >= 0.3 is 0 Å². The highest BCUT2D eigenvalue weighted by atomic mass is 79.9. The molecule has 6 heteroatoms. The minimum atomic E-state index is 0.00542. The SMILES string of the molecule is O=C(c1cccc(Br)c1)N1CCN=C1SCc1ccc(Br)cc1. The zero-order valence-electron chi connectivity index (χ0n) is 12.2. The van der Waals surface area contributed by atoms with E-state index in [1.165, 1.54) is 5.56 Å². The molecule has 0 saturated heterocycles. The average Bonchev–Trinajstić information content (AvgIpc) is 3.02. The number of amides is 1. The molecule has 0 bridgehead atoms. The standard InChI is InChI=1S/C17H14Br2N2OS/c18-14-6-4-12(5-7-14)11-23-17-20-8-9-21(17)16(22)13-2-1-3-15(19)10-13/h1-7,10H,8-9,11H2. The second kappa shape index (κ2) is 7.64. The summed E-state index contributed by atoms with van der Waals surface area (Å²) in [4.78, 5) is 18.9. The number of halogens is 2. The number of rotatable bonds is 3. The molecule has 1 aliphatic rings. The van der Waals surface area contributed by atoms with Gasteiger partial charge in [0.1, 0.15) is 0 Å². The molecule has 0 fully saturated rings. The Morgan fingerprint density at radius 1 is 1.13 bits per heavy atom. The molecular formula is C17H14Br2N2OS. The molecule has 0 aromatic heterocycles. The zero-order valence-corrected chi connectivity index (χ0v) is 16.2. The van der Waals surface area contributed by atoms with Crippen LogP contribution in [0, 0.1) is 0 Å². The van der Waals surface area contributed by atoms with Crippen molar-refractivity contribution in [2.24, 2.45) is 4.99 Å². The number of hydrogen-bond donors (Lipinski definition) is 0. The first-order valence-corrected chi connectivity index (χ1v) is 9.70. The minimum absolute atomic E-state index is 0.00542. The van der Waals surface area contributed by atoms with Crippen LogP contribution in [0.2, 0.25) is 0 Å². The van der Waals surface area contributed by atoms with Crippen molar-refractivity contribution in [2.45, 2.75) is 5.75 Å². The van der Waals surface area contributed by atoms with Crippen LogP contribution >= 0.6 is 43.6 Å². The number of amidine groups is 1. The molecule has 2 aromatic carbocycles. The second-order valence-electron chi connectivity index (χ2n) is 5.05. The summed E-state index contributed by atoms with van der Waals surface area (Å²) in [6, 6.07) is 15.7. The van der Waals surface area contributed by atoms with Crippen LogP contribution in [0.4, 0.5) is 0 Å². The van der Waals surface area contributed by atoms with E-state index in [2.05, 4.69) is 49.0 Å². The van der Waals surface area contributed by atoms with Crippen molar-refractivity contribution >= 4 is 54.7 Å². The van der Waals surface area contributed by atoms with Gasteiger partial charge in [0.25, 0.3) is 5.91 Å². The Bertz CT molecular complexity index is 747. The normalized spacial score (nSPS) is 14.0. The summed E-state index contributed by atoms with van der Waals surface area (Å²) in [6.45, 7) is 1.32. The van der Waals surface area contributed by atoms with E-state index in [1.54, 1.807) is 16.7 Å². The third-order valence-electron chi connectivity index (χ3n) is 3.40. The lowest BCUT2D eigenvalue weighted by Crippen LogP contribution is -2.32. The molecule has 0 unspecified atom stereocenters. The van der Waals surface area contributed by atoms with Crippen molar-refractivity contribution in [3.8, 4) is 0 Å². The largest absolute Gasteiger partial charge is 0.286 e. The van der Waals surface area contributed by atoms with Gasteiger partial charge in [-0.1, -0.05) is 61.8 Å². The van der Waals surface area contributed by atoms with Crippen LogP contribution in [0.1, 0.15) is 15.9 Å². The summed E-state index contributed by atoms with van der Waals surface area (Å²) in [5, 5.41) is 0.804. The number of nitrogens with zero attached hydrogens (tertiary/aromatic N) is 2. The summed E-state index contributed by atoms with van der Waals surface area (Å²) in [7, 11) is 0. The highest BCUT2D eigenvalue weighted by Crippen LogP contribution is 2.23. The highest BCUT2D eigenvalue weighted by molar-refractivity contribution is 9.10. The van der Waals surface area contributed by atoms with E-state index in [0.29, 0.717) is 18.7 Å². The molecule has 0 saturated carbocycles. The highest BCUT2D eigenvalue weighted by Gasteiger charge is 2.25. The summed E-state index contributed by atoms with van der Waals surface area (Å²) in [5.41, 5.74) is 1.89. The van der Waals surface area contributed by atoms with Gasteiger partial charge in [-0.15, -0.1) is 0 Å². The van der Waals surface area contributed by atoms with Crippen molar-refractivity contribution < 1.29 is 4.79 Å². The molecule has 118 valence electrons. The first kappa shape index (κ1) is 16.7. The van der Waals surface area contributed by atoms with Gasteiger partial charge in [0.15, 0.2) is 5.17 Å². The van der Waals surface area contributed by atoms with Gasteiger partial charge < -0.3 is 0 Å². The molecule has 3 nitrogen and oxygen atoms in total. The fourth-order valence-corrected chi connectivity index (χ4v) is 3.91. The Balaban J connectivity index is 1.67. The molecule has 0 atom stereocenters. The minimum Gasteiger partial charge on any atom is -0.286 e. The lowest BCUT2D eigenvalue weighted by Gasteiger charge is -2.18. The van der Waals surface area contributed by atoms with Crippen LogP contribution in [-0.2, 0) is 5.75 Å². The Morgan fingerprint density at radius 2 is 1.91 bits per heavy atom. The number of carbonyl (C=O) groups is 1. The molecule has 0 N–H and O–H groups in total. The van der Waals surface area contributed by atoms with Crippen molar-refractivity contribution in [2.75, 3.05) is 13.1 Å². The lowest BCUT2D eigenvalue weighted by atomic mass is 10.2. The van der Waals surface area contributed by atoms with Crippen molar-refractivity contribution in [1.29, 1.82) is 0 Å². The van der Waals surface area contributed by atoms with Crippen LogP contribution in [0.25, 0.3) is 0 Å². The zero-order chi connectivity index (χ0) is 16.2. The van der Waals surface area contributed by atoms with Crippen molar-refractivity contribution in [3.63, 3.8) is 0 Å². The molecule has 1 amide bonds. The fraction of sp³-hybridized carbons (Fsp3) is 0.176. The number of thioether (sulfide) groups is 1. The monoisotopic (exact) mass is 452 g/mol. The van der Waals surface area contributed by atoms with Crippen molar-refractivity contribution in [1.82, 2.24) is 4.90 Å². The molecule has 2 aromatic rings. The topological polar surface area (TPSA) is 32.7 Å². The van der Waals surface area contributed by atoms with Crippen molar-refractivity contribution in [3.05, 3.63) is 68.6 Å². The van der Waals surface area contributed by atoms with E-state index in [4.69, 9.17) is 0 Å². The first-order valence-electron chi connectivity index (χ1n) is 7.12. The van der Waals surface area contributed by atoms with Crippen LogP contribution in [0.3, 0.4) is 0 Å². The second-order valence-corrected chi connectivity index (χ2v) is 7.82. The third-order valence-corrected chi connectivity index (χ3v) is 5.51. The first-order chi connectivity index (χ1) is 11.1. The number of aliphatic imine (C=N–C) groups is 1. The smallest absolute Gasteiger partial charge is 0.259 e. The Hall–Kier alpha value is -1.11. The molecule has 23 heavy (non-hydrogen) atoms. The molecule has 0 aliphatic carbocycles. The van der Waals surface area contributed by atoms with Gasteiger partial charge in [0.05, 0.1) is 6.54 Å². The van der Waals surface area contributed by atoms with E-state index in [1.807, 2.05) is 36.4 Å². The Morgan fingerprint density at radius 3 is 2.65 bits per heavy atom. The van der Waals surface area contributed by atoms with E-state index in [9.17, 15) is 4.79 Å². The van der Waals surface area contributed by atoms with Crippen LogP contribution in [-0.4, -0.2) is 29.1 Å². The lowest BCUT2D eigenvalue weighted by molar-refractivity contribution is 0.0860. The summed E-state index contributed by atoms with van der Waals surface area (Å²) in [5.74, 6) is 0.805. The molecule has 0 spiro atoms. The number of benzene rings is 2. The molecule has 1 heterocycles. The summed E-state index contributed by atoms with van der Waals surface area (Å²) < 4.78 is 1.97. The van der Waals surface area contributed by atoms with Gasteiger partial charge in [-0.05, 0) is 35.9 Å². The molecule has 1 aliphatic heterocycles. The van der Waals surface area contributed by atoms with E-state index < -0.39 is 0 Å². The van der Waals surface area contributed by atoms with Gasteiger partial charge in [-0.3, -0.25) is 14.7 Å². The quantitative estimate of drug-likeness (QED) is 0.658. The van der Waals surface area contributed by atoms with Gasteiger partial charge in [0.2, 0.25) is 0 Å². The predicted octanol–water partition coefficient (Wildman–Crippen LogP) is 4.96. The van der Waals surface area contributed by atoms with E-state index in [-0.39, 0.29) is 5.91 Å². The number of hydrogen-bond acceptors (Lipinski definition) is 3. The fourth-order valence-electron chi connectivity index (χ4n) is 2.24. The van der Waals surface area contributed by atoms with Crippen LogP contribution in [0.5, 0.6) is 0 Å². The molecule has 3 rings (SSSR count). The van der Waals surface area contributed by atoms with Gasteiger partial charge in [0, 0.05) is 26.8 Å². The van der Waals surface area contributed by atoms with Crippen LogP contribution in [0.15, 0.2) is 62.5 Å². The Kier molecular flexibility index (Phi) is 5.56. The average molecular weight is 454 g/mol. The number of carbonyl (C=O) groups excluding carboxylic acids is 1. The van der Waals surface area contributed by atoms with E-state index in [0.717, 1.165) is 19.9 Å². The predicted molar refractivity (Wildman–Crippen MR) is 103 cm³/mol. The van der Waals surface area contributed by atoms with Gasteiger partial charge in [-0.25, -0.2) is 0 Å². The Labute approximate surface area is 156 Å². The maximum absolute atomic E-state index is 12.7. The summed E-state index contributed by atoms with van der Waals surface area (Å²) >= 11 is 8.45.